The summed E-state index contributed by atoms with van der Waals surface area (Å²) in [5, 5.41) is 0. The number of nitrogens with zero attached hydrogens (tertiary/aromatic N) is 1. The van der Waals surface area contributed by atoms with Gasteiger partial charge in [-0.15, -0.1) is 0 Å². The molecule has 1 aromatic rings. The van der Waals surface area contributed by atoms with Crippen LogP contribution in [0.1, 0.15) is 18.4 Å². The van der Waals surface area contributed by atoms with Crippen LogP contribution in [0.3, 0.4) is 0 Å². The van der Waals surface area contributed by atoms with Gasteiger partial charge < -0.3 is 9.64 Å². The van der Waals surface area contributed by atoms with Gasteiger partial charge in [0.25, 0.3) is 5.92 Å². The molecule has 2 rings (SSSR count). The highest BCUT2D eigenvalue weighted by atomic mass is 19.3. The number of carbonyl (C=O) groups excluding carboxylic acids is 1. The van der Waals surface area contributed by atoms with E-state index in [0.29, 0.717) is 0 Å². The Bertz CT molecular complexity index is 414. The van der Waals surface area contributed by atoms with E-state index in [4.69, 9.17) is 4.74 Å². The Balaban J connectivity index is 1.78. The Morgan fingerprint density at radius 3 is 2.56 bits per heavy atom. The molecule has 3 nitrogen and oxygen atoms in total. The molecule has 1 aromatic carbocycles. The molecule has 5 heteroatoms. The largest absolute Gasteiger partial charge is 0.445 e. The molecular formula is C13H15F2NO2. The summed E-state index contributed by atoms with van der Waals surface area (Å²) >= 11 is 0. The third-order valence-electron chi connectivity index (χ3n) is 3.11. The number of alkyl halides is 2. The minimum atomic E-state index is -2.63. The Labute approximate surface area is 104 Å². The van der Waals surface area contributed by atoms with E-state index in [0.717, 1.165) is 5.56 Å². The fourth-order valence-electron chi connectivity index (χ4n) is 1.87. The maximum Gasteiger partial charge on any atom is 0.410 e. The molecule has 0 bridgehead atoms. The van der Waals surface area contributed by atoms with Gasteiger partial charge in [-0.05, 0) is 5.56 Å². The monoisotopic (exact) mass is 255 g/mol. The Morgan fingerprint density at radius 2 is 2.00 bits per heavy atom. The molecule has 1 saturated carbocycles. The summed E-state index contributed by atoms with van der Waals surface area (Å²) in [5.74, 6) is -2.63. The number of ether oxygens (including phenoxy) is 1. The van der Waals surface area contributed by atoms with Gasteiger partial charge in [-0.1, -0.05) is 30.3 Å². The molecule has 0 radical (unpaired) electrons. The smallest absolute Gasteiger partial charge is 0.410 e. The number of amides is 1. The predicted molar refractivity (Wildman–Crippen MR) is 62.4 cm³/mol. The predicted octanol–water partition coefficient (Wildman–Crippen LogP) is 3.05. The molecule has 18 heavy (non-hydrogen) atoms. The van der Waals surface area contributed by atoms with Gasteiger partial charge in [0.15, 0.2) is 0 Å². The maximum atomic E-state index is 12.7. The minimum Gasteiger partial charge on any atom is -0.445 e. The molecular weight excluding hydrogens is 240 g/mol. The van der Waals surface area contributed by atoms with Gasteiger partial charge in [-0.25, -0.2) is 13.6 Å². The number of hydrogen-bond donors (Lipinski definition) is 0. The molecule has 0 saturated heterocycles. The number of halogens is 2. The van der Waals surface area contributed by atoms with Crippen molar-refractivity contribution in [2.75, 3.05) is 7.05 Å². The van der Waals surface area contributed by atoms with Crippen molar-refractivity contribution in [2.45, 2.75) is 31.4 Å². The number of benzene rings is 1. The first-order valence-electron chi connectivity index (χ1n) is 5.79. The van der Waals surface area contributed by atoms with Crippen LogP contribution in [-0.4, -0.2) is 30.0 Å². The zero-order valence-corrected chi connectivity index (χ0v) is 10.1. The molecule has 0 spiro atoms. The first kappa shape index (κ1) is 12.8. The van der Waals surface area contributed by atoms with Gasteiger partial charge in [0.1, 0.15) is 6.61 Å². The van der Waals surface area contributed by atoms with E-state index in [-0.39, 0.29) is 19.4 Å². The van der Waals surface area contributed by atoms with E-state index in [1.807, 2.05) is 30.3 Å². The lowest BCUT2D eigenvalue weighted by molar-refractivity contribution is -0.115. The average Bonchev–Trinajstić information content (AvgIpc) is 2.33. The summed E-state index contributed by atoms with van der Waals surface area (Å²) in [6.45, 7) is 0.160. The lowest BCUT2D eigenvalue weighted by Gasteiger charge is -2.40. The van der Waals surface area contributed by atoms with Crippen molar-refractivity contribution in [3.63, 3.8) is 0 Å². The van der Waals surface area contributed by atoms with E-state index in [9.17, 15) is 13.6 Å². The van der Waals surface area contributed by atoms with Crippen molar-refractivity contribution in [3.8, 4) is 0 Å². The van der Waals surface area contributed by atoms with Crippen LogP contribution in [0.5, 0.6) is 0 Å². The van der Waals surface area contributed by atoms with Crippen molar-refractivity contribution >= 4 is 6.09 Å². The van der Waals surface area contributed by atoms with Crippen LogP contribution in [0.4, 0.5) is 13.6 Å². The zero-order chi connectivity index (χ0) is 13.2. The van der Waals surface area contributed by atoms with Gasteiger partial charge in [0.05, 0.1) is 0 Å². The first-order chi connectivity index (χ1) is 8.48. The first-order valence-corrected chi connectivity index (χ1v) is 5.79. The summed E-state index contributed by atoms with van der Waals surface area (Å²) < 4.78 is 30.4. The molecule has 0 N–H and O–H groups in total. The maximum absolute atomic E-state index is 12.7. The van der Waals surface area contributed by atoms with Crippen LogP contribution in [0.15, 0.2) is 30.3 Å². The lowest BCUT2D eigenvalue weighted by Crippen LogP contribution is -2.51. The summed E-state index contributed by atoms with van der Waals surface area (Å²) in [6.07, 6.45) is -1.10. The molecule has 98 valence electrons. The normalized spacial score (nSPS) is 17.9. The topological polar surface area (TPSA) is 29.5 Å². The van der Waals surface area contributed by atoms with Crippen LogP contribution in [0.25, 0.3) is 0 Å². The number of rotatable bonds is 3. The highest BCUT2D eigenvalue weighted by Gasteiger charge is 2.48. The number of carbonyl (C=O) groups is 1. The second kappa shape index (κ2) is 4.92. The van der Waals surface area contributed by atoms with Crippen LogP contribution < -0.4 is 0 Å². The fraction of sp³-hybridized carbons (Fsp3) is 0.462. The summed E-state index contributed by atoms with van der Waals surface area (Å²) in [6, 6.07) is 8.82. The molecule has 0 aromatic heterocycles. The van der Waals surface area contributed by atoms with Crippen molar-refractivity contribution in [1.82, 2.24) is 4.90 Å². The van der Waals surface area contributed by atoms with Crippen LogP contribution in [-0.2, 0) is 11.3 Å². The second-order valence-corrected chi connectivity index (χ2v) is 4.57. The summed E-state index contributed by atoms with van der Waals surface area (Å²) in [5.41, 5.74) is 0.873. The molecule has 0 aliphatic heterocycles. The van der Waals surface area contributed by atoms with E-state index in [1.165, 1.54) is 11.9 Å². The quantitative estimate of drug-likeness (QED) is 0.830. The molecule has 0 atom stereocenters. The highest BCUT2D eigenvalue weighted by Crippen LogP contribution is 2.40. The Kier molecular flexibility index (Phi) is 3.50. The zero-order valence-electron chi connectivity index (χ0n) is 10.1. The van der Waals surface area contributed by atoms with Crippen molar-refractivity contribution in [2.24, 2.45) is 0 Å². The molecule has 1 aliphatic carbocycles. The molecule has 0 heterocycles. The summed E-state index contributed by atoms with van der Waals surface area (Å²) in [7, 11) is 1.49. The molecule has 1 aliphatic rings. The number of hydrogen-bond acceptors (Lipinski definition) is 2. The van der Waals surface area contributed by atoms with E-state index >= 15 is 0 Å². The standard InChI is InChI=1S/C13H15F2NO2/c1-16(11-7-13(14,15)8-11)12(17)18-9-10-5-3-2-4-6-10/h2-6,11H,7-9H2,1H3. The average molecular weight is 255 g/mol. The van der Waals surface area contributed by atoms with E-state index in [1.54, 1.807) is 0 Å². The SMILES string of the molecule is CN(C(=O)OCc1ccccc1)C1CC(F)(F)C1. The summed E-state index contributed by atoms with van der Waals surface area (Å²) in [4.78, 5) is 12.9. The minimum absolute atomic E-state index is 0.160. The Morgan fingerprint density at radius 1 is 1.39 bits per heavy atom. The van der Waals surface area contributed by atoms with Gasteiger partial charge in [-0.3, -0.25) is 0 Å². The van der Waals surface area contributed by atoms with Crippen molar-refractivity contribution in [1.29, 1.82) is 0 Å². The van der Waals surface area contributed by atoms with E-state index in [2.05, 4.69) is 0 Å². The van der Waals surface area contributed by atoms with Crippen molar-refractivity contribution in [3.05, 3.63) is 35.9 Å². The highest BCUT2D eigenvalue weighted by molar-refractivity contribution is 5.67. The van der Waals surface area contributed by atoms with Crippen LogP contribution in [0, 0.1) is 0 Å². The Hall–Kier alpha value is -1.65. The van der Waals surface area contributed by atoms with Gasteiger partial charge >= 0.3 is 6.09 Å². The van der Waals surface area contributed by atoms with Gasteiger partial charge in [0, 0.05) is 25.9 Å². The molecule has 1 amide bonds. The van der Waals surface area contributed by atoms with Crippen LogP contribution >= 0.6 is 0 Å². The second-order valence-electron chi connectivity index (χ2n) is 4.57. The third kappa shape index (κ3) is 2.97. The van der Waals surface area contributed by atoms with Gasteiger partial charge in [-0.2, -0.15) is 0 Å². The lowest BCUT2D eigenvalue weighted by atomic mass is 9.87. The fourth-order valence-corrected chi connectivity index (χ4v) is 1.87. The van der Waals surface area contributed by atoms with Gasteiger partial charge in [0.2, 0.25) is 0 Å². The van der Waals surface area contributed by atoms with Crippen molar-refractivity contribution < 1.29 is 18.3 Å². The molecule has 1 fully saturated rings. The van der Waals surface area contributed by atoms with E-state index < -0.39 is 18.1 Å². The third-order valence-corrected chi connectivity index (χ3v) is 3.11. The molecule has 0 unspecified atom stereocenters. The van der Waals surface area contributed by atoms with Crippen LogP contribution in [0.2, 0.25) is 0 Å².